The molecule has 0 unspecified atom stereocenters. The fourth-order valence-electron chi connectivity index (χ4n) is 1.77. The van der Waals surface area contributed by atoms with Crippen molar-refractivity contribution in [2.24, 2.45) is 0 Å². The molecule has 0 atom stereocenters. The van der Waals surface area contributed by atoms with Gasteiger partial charge in [-0.3, -0.25) is 4.79 Å². The van der Waals surface area contributed by atoms with Crippen LogP contribution in [0.1, 0.15) is 31.7 Å². The first kappa shape index (κ1) is 15.1. The second-order valence-corrected chi connectivity index (χ2v) is 6.20. The van der Waals surface area contributed by atoms with Crippen LogP contribution in [-0.4, -0.2) is 16.8 Å². The molecule has 1 N–H and O–H groups in total. The van der Waals surface area contributed by atoms with Crippen molar-refractivity contribution in [2.75, 3.05) is 6.61 Å². The largest absolute Gasteiger partial charge is 0.494 e. The number of amides is 1. The molecule has 1 fully saturated rings. The first-order valence-electron chi connectivity index (χ1n) is 6.67. The molecule has 1 aromatic rings. The van der Waals surface area contributed by atoms with Gasteiger partial charge in [-0.15, -0.1) is 0 Å². The van der Waals surface area contributed by atoms with E-state index in [0.717, 1.165) is 24.3 Å². The van der Waals surface area contributed by atoms with Crippen LogP contribution in [0.5, 0.6) is 5.75 Å². The monoisotopic (exact) mass is 307 g/mol. The molecule has 20 heavy (non-hydrogen) atoms. The number of nitrogens with one attached hydrogen (secondary N) is 1. The highest BCUT2D eigenvalue weighted by Crippen LogP contribution is 2.26. The minimum absolute atomic E-state index is 0.125. The van der Waals surface area contributed by atoms with E-state index in [1.807, 2.05) is 30.3 Å². The summed E-state index contributed by atoms with van der Waals surface area (Å²) in [6.45, 7) is 2.92. The number of hydrogen-bond donors (Lipinski definition) is 1. The molecule has 0 radical (unpaired) electrons. The summed E-state index contributed by atoms with van der Waals surface area (Å²) in [5.41, 5.74) is 0.966. The maximum Gasteiger partial charge on any atom is 0.263 e. The highest BCUT2D eigenvalue weighted by atomic mass is 32.2. The summed E-state index contributed by atoms with van der Waals surface area (Å²) in [6, 6.07) is 7.73. The van der Waals surface area contributed by atoms with Crippen LogP contribution >= 0.6 is 24.0 Å². The van der Waals surface area contributed by atoms with E-state index in [4.69, 9.17) is 17.0 Å². The van der Waals surface area contributed by atoms with Gasteiger partial charge in [-0.2, -0.15) is 0 Å². The van der Waals surface area contributed by atoms with Gasteiger partial charge < -0.3 is 10.1 Å². The quantitative estimate of drug-likeness (QED) is 0.493. The van der Waals surface area contributed by atoms with Gasteiger partial charge in [-0.05, 0) is 30.2 Å². The Labute approximate surface area is 128 Å². The Hall–Kier alpha value is -1.33. The summed E-state index contributed by atoms with van der Waals surface area (Å²) in [5, 5.41) is 2.60. The Kier molecular flexibility index (Phi) is 5.61. The molecule has 1 aromatic carbocycles. The van der Waals surface area contributed by atoms with Gasteiger partial charge in [0.1, 0.15) is 10.1 Å². The minimum Gasteiger partial charge on any atom is -0.494 e. The molecular weight excluding hydrogens is 290 g/mol. The fraction of sp³-hybridized carbons (Fsp3) is 0.333. The smallest absolute Gasteiger partial charge is 0.263 e. The SMILES string of the molecule is CCCCCOc1ccc(/C=C2\SC(=S)NC2=O)cc1. The molecule has 0 aliphatic carbocycles. The van der Waals surface area contributed by atoms with Crippen molar-refractivity contribution in [1.29, 1.82) is 0 Å². The summed E-state index contributed by atoms with van der Waals surface area (Å²) in [4.78, 5) is 12.2. The normalized spacial score (nSPS) is 16.6. The van der Waals surface area contributed by atoms with E-state index < -0.39 is 0 Å². The van der Waals surface area contributed by atoms with E-state index in [9.17, 15) is 4.79 Å². The van der Waals surface area contributed by atoms with Crippen LogP contribution in [0, 0.1) is 0 Å². The van der Waals surface area contributed by atoms with Crippen molar-refractivity contribution in [1.82, 2.24) is 5.32 Å². The number of carbonyl (C=O) groups is 1. The predicted octanol–water partition coefficient (Wildman–Crippen LogP) is 3.74. The van der Waals surface area contributed by atoms with E-state index in [1.54, 1.807) is 0 Å². The number of unbranched alkanes of at least 4 members (excludes halogenated alkanes) is 2. The average Bonchev–Trinajstić information content (AvgIpc) is 2.75. The third-order valence-corrected chi connectivity index (χ3v) is 4.00. The van der Waals surface area contributed by atoms with E-state index in [1.165, 1.54) is 24.6 Å². The standard InChI is InChI=1S/C15H17NO2S2/c1-2-3-4-9-18-12-7-5-11(6-8-12)10-13-14(17)16-15(19)20-13/h5-8,10H,2-4,9H2,1H3,(H,16,17,19)/b13-10-. The lowest BCUT2D eigenvalue weighted by atomic mass is 10.2. The molecule has 0 aromatic heterocycles. The zero-order valence-electron chi connectivity index (χ0n) is 11.3. The van der Waals surface area contributed by atoms with Crippen molar-refractivity contribution in [3.8, 4) is 5.75 Å². The Bertz CT molecular complexity index is 523. The minimum atomic E-state index is -0.125. The molecule has 5 heteroatoms. The molecule has 3 nitrogen and oxygen atoms in total. The summed E-state index contributed by atoms with van der Waals surface area (Å²) in [5.74, 6) is 0.738. The van der Waals surface area contributed by atoms with Gasteiger partial charge in [0.25, 0.3) is 5.91 Å². The zero-order chi connectivity index (χ0) is 14.4. The molecule has 0 saturated carbocycles. The van der Waals surface area contributed by atoms with Crippen LogP contribution < -0.4 is 10.1 Å². The Morgan fingerprint density at radius 3 is 2.65 bits per heavy atom. The lowest BCUT2D eigenvalue weighted by Gasteiger charge is -2.05. The van der Waals surface area contributed by atoms with Crippen LogP contribution in [0.2, 0.25) is 0 Å². The number of carbonyl (C=O) groups excluding carboxylic acids is 1. The molecule has 0 bridgehead atoms. The zero-order valence-corrected chi connectivity index (χ0v) is 13.0. The lowest BCUT2D eigenvalue weighted by molar-refractivity contribution is -0.115. The second kappa shape index (κ2) is 7.45. The van der Waals surface area contributed by atoms with Crippen molar-refractivity contribution in [3.63, 3.8) is 0 Å². The molecule has 1 aliphatic heterocycles. The number of ether oxygens (including phenoxy) is 1. The van der Waals surface area contributed by atoms with Gasteiger partial charge in [0.05, 0.1) is 11.5 Å². The summed E-state index contributed by atoms with van der Waals surface area (Å²) >= 11 is 6.24. The molecule has 1 heterocycles. The molecule has 1 saturated heterocycles. The maximum absolute atomic E-state index is 11.5. The predicted molar refractivity (Wildman–Crippen MR) is 87.8 cm³/mol. The highest BCUT2D eigenvalue weighted by molar-refractivity contribution is 8.26. The average molecular weight is 307 g/mol. The Morgan fingerprint density at radius 1 is 1.30 bits per heavy atom. The Morgan fingerprint density at radius 2 is 2.05 bits per heavy atom. The second-order valence-electron chi connectivity index (χ2n) is 4.48. The highest BCUT2D eigenvalue weighted by Gasteiger charge is 2.21. The van der Waals surface area contributed by atoms with Crippen LogP contribution in [-0.2, 0) is 4.79 Å². The van der Waals surface area contributed by atoms with Crippen LogP contribution in [0.15, 0.2) is 29.2 Å². The summed E-state index contributed by atoms with van der Waals surface area (Å²) in [6.07, 6.45) is 5.30. The molecule has 106 valence electrons. The number of rotatable bonds is 6. The molecule has 1 aliphatic rings. The van der Waals surface area contributed by atoms with Gasteiger partial charge in [0, 0.05) is 0 Å². The maximum atomic E-state index is 11.5. The van der Waals surface area contributed by atoms with Crippen LogP contribution in [0.3, 0.4) is 0 Å². The van der Waals surface area contributed by atoms with Gasteiger partial charge in [0.15, 0.2) is 0 Å². The van der Waals surface area contributed by atoms with Crippen molar-refractivity contribution in [3.05, 3.63) is 34.7 Å². The lowest BCUT2D eigenvalue weighted by Crippen LogP contribution is -2.17. The van der Waals surface area contributed by atoms with Gasteiger partial charge >= 0.3 is 0 Å². The number of thiocarbonyl (C=S) groups is 1. The van der Waals surface area contributed by atoms with Crippen LogP contribution in [0.25, 0.3) is 6.08 Å². The van der Waals surface area contributed by atoms with Crippen LogP contribution in [0.4, 0.5) is 0 Å². The first-order valence-corrected chi connectivity index (χ1v) is 7.89. The first-order chi connectivity index (χ1) is 9.69. The molecule has 2 rings (SSSR count). The number of thioether (sulfide) groups is 1. The third-order valence-electron chi connectivity index (χ3n) is 2.84. The van der Waals surface area contributed by atoms with Gasteiger partial charge in [-0.1, -0.05) is 55.9 Å². The van der Waals surface area contributed by atoms with E-state index >= 15 is 0 Å². The molecular formula is C15H17NO2S2. The number of benzene rings is 1. The fourth-order valence-corrected chi connectivity index (χ4v) is 2.82. The van der Waals surface area contributed by atoms with Gasteiger partial charge in [0.2, 0.25) is 0 Å². The van der Waals surface area contributed by atoms with Crippen molar-refractivity contribution < 1.29 is 9.53 Å². The molecule has 1 amide bonds. The summed E-state index contributed by atoms with van der Waals surface area (Å²) in [7, 11) is 0. The number of hydrogen-bond acceptors (Lipinski definition) is 4. The third kappa shape index (κ3) is 4.35. The van der Waals surface area contributed by atoms with E-state index in [-0.39, 0.29) is 5.91 Å². The van der Waals surface area contributed by atoms with E-state index in [2.05, 4.69) is 12.2 Å². The van der Waals surface area contributed by atoms with E-state index in [0.29, 0.717) is 9.23 Å². The topological polar surface area (TPSA) is 38.3 Å². The molecule has 0 spiro atoms. The summed E-state index contributed by atoms with van der Waals surface area (Å²) < 4.78 is 6.16. The Balaban J connectivity index is 1.93. The van der Waals surface area contributed by atoms with Gasteiger partial charge in [-0.25, -0.2) is 0 Å². The van der Waals surface area contributed by atoms with Crippen molar-refractivity contribution in [2.45, 2.75) is 26.2 Å². The van der Waals surface area contributed by atoms with Crippen molar-refractivity contribution >= 4 is 40.3 Å².